The Morgan fingerprint density at radius 3 is 2.50 bits per heavy atom. The van der Waals surface area contributed by atoms with Crippen LogP contribution in [0.2, 0.25) is 0 Å². The summed E-state index contributed by atoms with van der Waals surface area (Å²) >= 11 is 4.18. The molecule has 1 unspecified atom stereocenters. The summed E-state index contributed by atoms with van der Waals surface area (Å²) in [5, 5.41) is 8.48. The quantitative estimate of drug-likeness (QED) is 0.375. The van der Waals surface area contributed by atoms with Crippen molar-refractivity contribution in [2.45, 2.75) is 12.4 Å². The molecule has 0 saturated heterocycles. The molecule has 0 heterocycles. The normalized spacial score (nSPS) is 14.5. The van der Waals surface area contributed by atoms with Gasteiger partial charge in [0.05, 0.1) is 0 Å². The van der Waals surface area contributed by atoms with Gasteiger partial charge >= 0.3 is 51.4 Å². The minimum atomic E-state index is -0.234. The Kier molecular flexibility index (Phi) is 5.19. The first kappa shape index (κ1) is 7.18. The van der Waals surface area contributed by atoms with Crippen LogP contribution in [0.15, 0.2) is 0 Å². The summed E-state index contributed by atoms with van der Waals surface area (Å²) in [6.07, 6.45) is 0. The summed E-state index contributed by atoms with van der Waals surface area (Å²) in [4.78, 5) is 0. The van der Waals surface area contributed by atoms with Gasteiger partial charge in [-0.3, -0.25) is 0 Å². The molecule has 0 rings (SSSR count). The number of aliphatic hydroxyl groups excluding tert-OH is 1. The van der Waals surface area contributed by atoms with Crippen molar-refractivity contribution < 1.29 is 5.11 Å². The van der Waals surface area contributed by atoms with Crippen LogP contribution in [0.25, 0.3) is 0 Å². The van der Waals surface area contributed by atoms with Crippen LogP contribution in [0.4, 0.5) is 0 Å². The third kappa shape index (κ3) is 5.18. The molecule has 1 N–H and O–H groups in total. The van der Waals surface area contributed by atoms with Crippen molar-refractivity contribution in [2.75, 3.05) is 0 Å². The van der Waals surface area contributed by atoms with E-state index in [2.05, 4.69) is 11.0 Å². The summed E-state index contributed by atoms with van der Waals surface area (Å²) in [6, 6.07) is 0. The van der Waals surface area contributed by atoms with Gasteiger partial charge in [0.1, 0.15) is 0 Å². The molecule has 0 aliphatic carbocycles. The summed E-state index contributed by atoms with van der Waals surface area (Å²) in [5.74, 6) is 0. The Bertz CT molecular complexity index is 32.7. The van der Waals surface area contributed by atoms with E-state index in [0.717, 1.165) is 0 Å². The molecule has 0 saturated carbocycles. The zero-order valence-corrected chi connectivity index (χ0v) is 6.71. The molecule has 1 nitrogen and oxygen atoms in total. The first-order valence-electron chi connectivity index (χ1n) is 1.42. The van der Waals surface area contributed by atoms with Gasteiger partial charge in [-0.25, -0.2) is 0 Å². The summed E-state index contributed by atoms with van der Waals surface area (Å²) in [6.45, 7) is 1.74. The van der Waals surface area contributed by atoms with Crippen LogP contribution >= 0.6 is 21.2 Å². The van der Waals surface area contributed by atoms with Crippen LogP contribution in [0, 0.1) is 0 Å². The third-order valence-corrected chi connectivity index (χ3v) is 4.18. The molecular weight excluding hydrogens is 183 g/mol. The topological polar surface area (TPSA) is 20.2 Å². The minimum absolute atomic E-state index is 0.234. The molecule has 0 fully saturated rings. The fourth-order valence-electron chi connectivity index (χ4n) is 0.0623. The fraction of sp³-hybridized carbons (Fsp3) is 1.00. The molecule has 0 amide bonds. The summed E-state index contributed by atoms with van der Waals surface area (Å²) in [5.41, 5.74) is -0.234. The second-order valence-electron chi connectivity index (χ2n) is 0.770. The monoisotopic (exact) mass is 190 g/mol. The Balaban J connectivity index is 2.63. The standard InChI is InChI=1S/C2H6OS2Se/c1-2(3)5-6-4/h2-4H,1H3. The van der Waals surface area contributed by atoms with Gasteiger partial charge in [0.25, 0.3) is 0 Å². The maximum absolute atomic E-state index is 8.48. The van der Waals surface area contributed by atoms with Crippen LogP contribution in [0.3, 0.4) is 0 Å². The SMILES string of the molecule is CC(O)S[Se]S. The number of rotatable bonds is 2. The molecule has 0 aliphatic heterocycles. The second kappa shape index (κ2) is 4.34. The van der Waals surface area contributed by atoms with Crippen molar-refractivity contribution in [3.63, 3.8) is 0 Å². The Morgan fingerprint density at radius 1 is 2.00 bits per heavy atom. The van der Waals surface area contributed by atoms with Crippen molar-refractivity contribution >= 4 is 33.9 Å². The summed E-state index contributed by atoms with van der Waals surface area (Å²) < 4.78 is 0. The van der Waals surface area contributed by atoms with E-state index in [0.29, 0.717) is 0 Å². The van der Waals surface area contributed by atoms with E-state index in [1.807, 2.05) is 0 Å². The van der Waals surface area contributed by atoms with Gasteiger partial charge in [-0.1, -0.05) is 0 Å². The van der Waals surface area contributed by atoms with Crippen LogP contribution in [0.1, 0.15) is 6.92 Å². The third-order valence-electron chi connectivity index (χ3n) is 0.182. The Hall–Kier alpha value is 1.18. The molecule has 0 bridgehead atoms. The molecule has 0 aromatic rings. The van der Waals surface area contributed by atoms with Gasteiger partial charge in [0.15, 0.2) is 0 Å². The van der Waals surface area contributed by atoms with Crippen molar-refractivity contribution in [3.05, 3.63) is 0 Å². The molecule has 6 heavy (non-hydrogen) atoms. The van der Waals surface area contributed by atoms with Crippen LogP contribution < -0.4 is 0 Å². The summed E-state index contributed by atoms with van der Waals surface area (Å²) in [7, 11) is 1.47. The van der Waals surface area contributed by atoms with E-state index in [1.54, 1.807) is 6.92 Å². The van der Waals surface area contributed by atoms with Gasteiger partial charge in [-0.05, 0) is 0 Å². The van der Waals surface area contributed by atoms with Crippen molar-refractivity contribution in [3.8, 4) is 0 Å². The number of thiol groups is 1. The average Bonchev–Trinajstić information content (AvgIpc) is 1.35. The van der Waals surface area contributed by atoms with Gasteiger partial charge < -0.3 is 0 Å². The number of hydrogen-bond donors (Lipinski definition) is 2. The predicted octanol–water partition coefficient (Wildman–Crippen LogP) is 0.522. The average molecular weight is 189 g/mol. The second-order valence-corrected chi connectivity index (χ2v) is 6.27. The number of aliphatic hydroxyl groups is 1. The fourth-order valence-corrected chi connectivity index (χ4v) is 2.91. The van der Waals surface area contributed by atoms with Crippen LogP contribution in [-0.4, -0.2) is 23.3 Å². The first-order chi connectivity index (χ1) is 2.77. The molecule has 0 aliphatic rings. The number of hydrogen-bond acceptors (Lipinski definition) is 3. The molecule has 0 spiro atoms. The molecule has 1 atom stereocenters. The van der Waals surface area contributed by atoms with E-state index in [1.165, 1.54) is 10.2 Å². The van der Waals surface area contributed by atoms with E-state index in [-0.39, 0.29) is 18.2 Å². The van der Waals surface area contributed by atoms with E-state index in [4.69, 9.17) is 5.11 Å². The van der Waals surface area contributed by atoms with Gasteiger partial charge in [-0.2, -0.15) is 0 Å². The van der Waals surface area contributed by atoms with Crippen molar-refractivity contribution in [1.29, 1.82) is 0 Å². The van der Waals surface area contributed by atoms with E-state index >= 15 is 0 Å². The molecule has 0 aromatic carbocycles. The van der Waals surface area contributed by atoms with E-state index < -0.39 is 0 Å². The molecule has 4 heteroatoms. The Morgan fingerprint density at radius 2 is 2.50 bits per heavy atom. The van der Waals surface area contributed by atoms with E-state index in [9.17, 15) is 0 Å². The molecule has 0 radical (unpaired) electrons. The van der Waals surface area contributed by atoms with Gasteiger partial charge in [-0.15, -0.1) is 0 Å². The molecule has 38 valence electrons. The zero-order chi connectivity index (χ0) is 4.99. The maximum atomic E-state index is 8.48. The Labute approximate surface area is 51.6 Å². The van der Waals surface area contributed by atoms with Crippen LogP contribution in [0.5, 0.6) is 0 Å². The van der Waals surface area contributed by atoms with Crippen LogP contribution in [-0.2, 0) is 0 Å². The van der Waals surface area contributed by atoms with Crippen molar-refractivity contribution in [2.24, 2.45) is 0 Å². The predicted molar refractivity (Wildman–Crippen MR) is 34.0 cm³/mol. The zero-order valence-electron chi connectivity index (χ0n) is 3.29. The van der Waals surface area contributed by atoms with Gasteiger partial charge in [0.2, 0.25) is 0 Å². The molecular formula is C2H6OS2Se. The first-order valence-corrected chi connectivity index (χ1v) is 6.99. The van der Waals surface area contributed by atoms with Gasteiger partial charge in [0, 0.05) is 0 Å². The molecule has 0 aromatic heterocycles. The van der Waals surface area contributed by atoms with Crippen molar-refractivity contribution in [1.82, 2.24) is 0 Å².